The molecule has 0 aromatic carbocycles. The average molecular weight is 246 g/mol. The van der Waals surface area contributed by atoms with E-state index in [1.54, 1.807) is 6.20 Å². The van der Waals surface area contributed by atoms with Crippen LogP contribution in [0, 0.1) is 5.41 Å². The van der Waals surface area contributed by atoms with Gasteiger partial charge < -0.3 is 4.90 Å². The van der Waals surface area contributed by atoms with E-state index >= 15 is 0 Å². The monoisotopic (exact) mass is 245 g/mol. The molecule has 0 amide bonds. The molecular formula is C10H13Cl2N3. The summed E-state index contributed by atoms with van der Waals surface area (Å²) in [5.74, 6) is 0.752. The predicted molar refractivity (Wildman–Crippen MR) is 62.7 cm³/mol. The van der Waals surface area contributed by atoms with Crippen molar-refractivity contribution in [1.82, 2.24) is 9.97 Å². The molecule has 3 nitrogen and oxygen atoms in total. The van der Waals surface area contributed by atoms with Gasteiger partial charge in [0.2, 0.25) is 5.28 Å². The molecule has 1 aromatic heterocycles. The molecule has 82 valence electrons. The standard InChI is InChI=1S/C10H13Cl2N3/c1-10(2)3-4-15(6-10)8-7(11)5-13-9(12)14-8/h5H,3-4,6H2,1-2H3. The topological polar surface area (TPSA) is 29.0 Å². The maximum atomic E-state index is 6.04. The lowest BCUT2D eigenvalue weighted by Gasteiger charge is -2.21. The van der Waals surface area contributed by atoms with Gasteiger partial charge in [0.05, 0.1) is 6.20 Å². The Bertz CT molecular complexity index is 379. The molecule has 1 aromatic rings. The molecule has 2 heterocycles. The van der Waals surface area contributed by atoms with Crippen molar-refractivity contribution in [1.29, 1.82) is 0 Å². The van der Waals surface area contributed by atoms with Gasteiger partial charge in [0.15, 0.2) is 5.82 Å². The molecule has 0 aliphatic carbocycles. The van der Waals surface area contributed by atoms with Gasteiger partial charge in [-0.15, -0.1) is 0 Å². The molecular weight excluding hydrogens is 233 g/mol. The first-order valence-electron chi connectivity index (χ1n) is 4.91. The first kappa shape index (κ1) is 11.0. The number of hydrogen-bond acceptors (Lipinski definition) is 3. The molecule has 0 radical (unpaired) electrons. The first-order chi connectivity index (χ1) is 6.98. The van der Waals surface area contributed by atoms with E-state index < -0.39 is 0 Å². The molecule has 2 rings (SSSR count). The molecule has 0 atom stereocenters. The largest absolute Gasteiger partial charge is 0.355 e. The van der Waals surface area contributed by atoms with Crippen LogP contribution in [0.2, 0.25) is 10.3 Å². The molecule has 0 N–H and O–H groups in total. The van der Waals surface area contributed by atoms with E-state index in [2.05, 4.69) is 28.7 Å². The van der Waals surface area contributed by atoms with Crippen LogP contribution in [-0.2, 0) is 0 Å². The lowest BCUT2D eigenvalue weighted by molar-refractivity contribution is 0.418. The summed E-state index contributed by atoms with van der Waals surface area (Å²) in [5, 5.41) is 0.816. The van der Waals surface area contributed by atoms with Crippen molar-refractivity contribution in [3.63, 3.8) is 0 Å². The fraction of sp³-hybridized carbons (Fsp3) is 0.600. The zero-order valence-electron chi connectivity index (χ0n) is 8.80. The number of nitrogens with zero attached hydrogens (tertiary/aromatic N) is 3. The van der Waals surface area contributed by atoms with Gasteiger partial charge in [-0.2, -0.15) is 4.98 Å². The minimum absolute atomic E-state index is 0.249. The molecule has 1 aliphatic rings. The minimum atomic E-state index is 0.249. The van der Waals surface area contributed by atoms with Gasteiger partial charge in [0.1, 0.15) is 5.02 Å². The van der Waals surface area contributed by atoms with Crippen molar-refractivity contribution in [2.24, 2.45) is 5.41 Å². The molecule has 0 saturated carbocycles. The fourth-order valence-corrected chi connectivity index (χ4v) is 2.19. The summed E-state index contributed by atoms with van der Waals surface area (Å²) < 4.78 is 0. The normalized spacial score (nSPS) is 19.6. The summed E-state index contributed by atoms with van der Waals surface area (Å²) in [7, 11) is 0. The Morgan fingerprint density at radius 3 is 2.73 bits per heavy atom. The summed E-state index contributed by atoms with van der Waals surface area (Å²) in [6, 6.07) is 0. The molecule has 1 fully saturated rings. The third kappa shape index (κ3) is 2.34. The summed E-state index contributed by atoms with van der Waals surface area (Å²) in [6.07, 6.45) is 2.70. The molecule has 0 bridgehead atoms. The Kier molecular flexibility index (Phi) is 2.77. The second-order valence-electron chi connectivity index (χ2n) is 4.65. The van der Waals surface area contributed by atoms with Crippen LogP contribution in [0.4, 0.5) is 5.82 Å². The number of halogens is 2. The van der Waals surface area contributed by atoms with Crippen molar-refractivity contribution in [2.75, 3.05) is 18.0 Å². The SMILES string of the molecule is CC1(C)CCN(c2nc(Cl)ncc2Cl)C1. The van der Waals surface area contributed by atoms with Crippen molar-refractivity contribution in [3.8, 4) is 0 Å². The quantitative estimate of drug-likeness (QED) is 0.713. The highest BCUT2D eigenvalue weighted by atomic mass is 35.5. The number of rotatable bonds is 1. The second-order valence-corrected chi connectivity index (χ2v) is 5.39. The maximum absolute atomic E-state index is 6.04. The van der Waals surface area contributed by atoms with Crippen LogP contribution in [0.25, 0.3) is 0 Å². The van der Waals surface area contributed by atoms with Crippen molar-refractivity contribution in [2.45, 2.75) is 20.3 Å². The number of aromatic nitrogens is 2. The van der Waals surface area contributed by atoms with Gasteiger partial charge in [-0.1, -0.05) is 25.4 Å². The third-order valence-electron chi connectivity index (χ3n) is 2.67. The van der Waals surface area contributed by atoms with Crippen LogP contribution >= 0.6 is 23.2 Å². The predicted octanol–water partition coefficient (Wildman–Crippen LogP) is 3.02. The summed E-state index contributed by atoms with van der Waals surface area (Å²) in [4.78, 5) is 10.2. The highest BCUT2D eigenvalue weighted by molar-refractivity contribution is 6.33. The molecule has 0 unspecified atom stereocenters. The van der Waals surface area contributed by atoms with Crippen LogP contribution < -0.4 is 4.90 Å². The zero-order valence-corrected chi connectivity index (χ0v) is 10.3. The van der Waals surface area contributed by atoms with Gasteiger partial charge >= 0.3 is 0 Å². The van der Waals surface area contributed by atoms with Crippen LogP contribution in [0.3, 0.4) is 0 Å². The fourth-order valence-electron chi connectivity index (χ4n) is 1.85. The number of anilines is 1. The molecule has 1 saturated heterocycles. The van der Waals surface area contributed by atoms with E-state index in [4.69, 9.17) is 23.2 Å². The van der Waals surface area contributed by atoms with E-state index in [0.717, 1.165) is 25.3 Å². The van der Waals surface area contributed by atoms with Gasteiger partial charge in [-0.05, 0) is 23.4 Å². The van der Waals surface area contributed by atoms with E-state index in [9.17, 15) is 0 Å². The summed E-state index contributed by atoms with van der Waals surface area (Å²) >= 11 is 11.8. The Morgan fingerprint density at radius 2 is 2.13 bits per heavy atom. The Labute approximate surface area is 99.4 Å². The van der Waals surface area contributed by atoms with Crippen LogP contribution in [0.15, 0.2) is 6.20 Å². The van der Waals surface area contributed by atoms with E-state index in [1.165, 1.54) is 0 Å². The van der Waals surface area contributed by atoms with E-state index in [-0.39, 0.29) is 5.28 Å². The van der Waals surface area contributed by atoms with Crippen LogP contribution in [-0.4, -0.2) is 23.1 Å². The van der Waals surface area contributed by atoms with Gasteiger partial charge in [-0.3, -0.25) is 0 Å². The van der Waals surface area contributed by atoms with E-state index in [0.29, 0.717) is 10.4 Å². The minimum Gasteiger partial charge on any atom is -0.355 e. The Hall–Kier alpha value is -0.540. The smallest absolute Gasteiger partial charge is 0.224 e. The van der Waals surface area contributed by atoms with Gasteiger partial charge in [0, 0.05) is 13.1 Å². The first-order valence-corrected chi connectivity index (χ1v) is 5.66. The average Bonchev–Trinajstić information content (AvgIpc) is 2.50. The van der Waals surface area contributed by atoms with Gasteiger partial charge in [0.25, 0.3) is 0 Å². The van der Waals surface area contributed by atoms with Crippen molar-refractivity contribution in [3.05, 3.63) is 16.5 Å². The van der Waals surface area contributed by atoms with Gasteiger partial charge in [-0.25, -0.2) is 4.98 Å². The van der Waals surface area contributed by atoms with Crippen LogP contribution in [0.1, 0.15) is 20.3 Å². The van der Waals surface area contributed by atoms with E-state index in [1.807, 2.05) is 0 Å². The van der Waals surface area contributed by atoms with Crippen molar-refractivity contribution >= 4 is 29.0 Å². The summed E-state index contributed by atoms with van der Waals surface area (Å²) in [6.45, 7) is 6.41. The lowest BCUT2D eigenvalue weighted by Crippen LogP contribution is -2.24. The van der Waals surface area contributed by atoms with Crippen molar-refractivity contribution < 1.29 is 0 Å². The van der Waals surface area contributed by atoms with Crippen LogP contribution in [0.5, 0.6) is 0 Å². The second kappa shape index (κ2) is 3.80. The zero-order chi connectivity index (χ0) is 11.1. The third-order valence-corrected chi connectivity index (χ3v) is 3.12. The Balaban J connectivity index is 2.27. The molecule has 15 heavy (non-hydrogen) atoms. The molecule has 5 heteroatoms. The lowest BCUT2D eigenvalue weighted by atomic mass is 9.93. The molecule has 1 aliphatic heterocycles. The number of hydrogen-bond donors (Lipinski definition) is 0. The molecule has 0 spiro atoms. The highest BCUT2D eigenvalue weighted by Crippen LogP contribution is 2.34. The summed E-state index contributed by atoms with van der Waals surface area (Å²) in [5.41, 5.74) is 0.320. The highest BCUT2D eigenvalue weighted by Gasteiger charge is 2.31. The Morgan fingerprint density at radius 1 is 1.40 bits per heavy atom. The maximum Gasteiger partial charge on any atom is 0.224 e.